The molecule has 4 aliphatic rings. The predicted octanol–water partition coefficient (Wildman–Crippen LogP) is 13.1. The standard InChI is InChI=1S/C38H39N3O8S.C34H35N3O6S.C3H6/c1-5-40(21-23-48-38(43)39-20-22-47-37(42)26(3)4)28-16-18-30-33(24-28)49-34-25-29(41(6-2)27-12-8-7-9-13-27)17-19-31(34)36(30)32-14-10-11-15-35(32)50(44,45)46;1-4-36(5-2)25-16-18-27-30(22-25)43-31-23-26(37(6-3)20-21-42-34(38)35-24-12-8-7-9-13-24)17-19-28(31)33(27)29-14-10-11-15-32(29)44(39,40)41;1-3-2/h7-19,24-25H,3,5-6,20-23H2,1-2,4H3,(H-,39,43,44,45,46);7-19,22-23H,4-6,20-21H2,1-3H3,(H-,35,38,39,40,41);3H,1H2,2H3. The van der Waals surface area contributed by atoms with Crippen molar-refractivity contribution < 1.29 is 63.4 Å². The van der Waals surface area contributed by atoms with Gasteiger partial charge >= 0.3 is 18.2 Å². The number of para-hydroxylation sites is 2. The summed E-state index contributed by atoms with van der Waals surface area (Å²) in [5, 5.41) is 8.22. The van der Waals surface area contributed by atoms with E-state index in [9.17, 15) is 40.3 Å². The van der Waals surface area contributed by atoms with Crippen LogP contribution in [0.1, 0.15) is 48.5 Å². The van der Waals surface area contributed by atoms with Crippen molar-refractivity contribution in [2.75, 3.05) is 87.3 Å². The van der Waals surface area contributed by atoms with Gasteiger partial charge in [0.05, 0.1) is 28.5 Å². The van der Waals surface area contributed by atoms with Crippen molar-refractivity contribution in [3.05, 3.63) is 218 Å². The monoisotopic (exact) mass is 1350 g/mol. The first-order chi connectivity index (χ1) is 46.7. The molecule has 10 rings (SSSR count). The molecule has 2 heterocycles. The Balaban J connectivity index is 0.000000240. The van der Waals surface area contributed by atoms with Gasteiger partial charge in [0.15, 0.2) is 26.3 Å². The lowest BCUT2D eigenvalue weighted by molar-refractivity contribution is -0.138. The number of esters is 1. The Kier molecular flexibility index (Phi) is 25.3. The third kappa shape index (κ3) is 18.3. The summed E-state index contributed by atoms with van der Waals surface area (Å²) in [6.45, 7) is 25.1. The number of benzene rings is 8. The molecule has 0 spiro atoms. The Hall–Kier alpha value is -10.4. The minimum Gasteiger partial charge on any atom is -0.744 e. The predicted molar refractivity (Wildman–Crippen MR) is 379 cm³/mol. The van der Waals surface area contributed by atoms with Crippen LogP contribution in [0.4, 0.5) is 32.3 Å². The van der Waals surface area contributed by atoms with Crippen LogP contribution in [0.3, 0.4) is 0 Å². The van der Waals surface area contributed by atoms with Gasteiger partial charge in [-0.05, 0) is 121 Å². The third-order valence-electron chi connectivity index (χ3n) is 15.7. The number of anilines is 4. The molecular formula is C75H80N6O14S2. The largest absolute Gasteiger partial charge is 0.744 e. The topological polar surface area (TPSA) is 256 Å². The average Bonchev–Trinajstić information content (AvgIpc) is 0.750. The van der Waals surface area contributed by atoms with Crippen molar-refractivity contribution in [2.45, 2.75) is 58.3 Å². The van der Waals surface area contributed by atoms with Gasteiger partial charge < -0.3 is 47.3 Å². The van der Waals surface area contributed by atoms with Crippen LogP contribution in [0, 0.1) is 0 Å². The molecule has 2 N–H and O–H groups in total. The smallest absolute Gasteiger partial charge is 0.411 e. The maximum atomic E-state index is 12.4. The Bertz CT molecular complexity index is 4760. The van der Waals surface area contributed by atoms with Crippen LogP contribution < -0.4 is 40.3 Å². The summed E-state index contributed by atoms with van der Waals surface area (Å²) in [6.07, 6.45) is 0.573. The fraction of sp³-hybridized carbons (Fsp3) is 0.240. The molecule has 0 atom stereocenters. The molecule has 97 heavy (non-hydrogen) atoms. The molecule has 2 aliphatic carbocycles. The van der Waals surface area contributed by atoms with Gasteiger partial charge in [-0.3, -0.25) is 5.32 Å². The lowest BCUT2D eigenvalue weighted by Gasteiger charge is -2.24. The zero-order valence-corrected chi connectivity index (χ0v) is 57.0. The number of carbonyl (C=O) groups is 3. The first kappa shape index (κ1) is 72.4. The highest BCUT2D eigenvalue weighted by Gasteiger charge is 2.26. The van der Waals surface area contributed by atoms with Gasteiger partial charge in [-0.1, -0.05) is 85.5 Å². The van der Waals surface area contributed by atoms with E-state index in [1.54, 1.807) is 48.5 Å². The lowest BCUT2D eigenvalue weighted by atomic mass is 9.93. The molecular weight excluding hydrogens is 1270 g/mol. The summed E-state index contributed by atoms with van der Waals surface area (Å²) >= 11 is 0. The second-order valence-electron chi connectivity index (χ2n) is 22.0. The third-order valence-corrected chi connectivity index (χ3v) is 17.5. The van der Waals surface area contributed by atoms with Crippen molar-refractivity contribution >= 4 is 83.1 Å². The van der Waals surface area contributed by atoms with Crippen molar-refractivity contribution in [1.82, 2.24) is 14.5 Å². The van der Waals surface area contributed by atoms with Gasteiger partial charge in [0.1, 0.15) is 62.6 Å². The summed E-state index contributed by atoms with van der Waals surface area (Å²) in [5.41, 5.74) is 7.91. The molecule has 0 unspecified atom stereocenters. The highest BCUT2D eigenvalue weighted by atomic mass is 32.2. The van der Waals surface area contributed by atoms with E-state index in [1.165, 1.54) is 25.1 Å². The van der Waals surface area contributed by atoms with E-state index in [0.717, 1.165) is 40.9 Å². The van der Waals surface area contributed by atoms with Crippen LogP contribution >= 0.6 is 0 Å². The highest BCUT2D eigenvalue weighted by Crippen LogP contribution is 2.45. The number of alkyl carbamates (subject to hydrolysis) is 1. The first-order valence-corrected chi connectivity index (χ1v) is 34.6. The molecule has 506 valence electrons. The van der Waals surface area contributed by atoms with Gasteiger partial charge in [-0.15, -0.1) is 6.58 Å². The maximum absolute atomic E-state index is 12.4. The Morgan fingerprint density at radius 1 is 0.536 bits per heavy atom. The number of likely N-dealkylation sites (N-methyl/N-ethyl adjacent to an activating group) is 2. The molecule has 22 heteroatoms. The van der Waals surface area contributed by atoms with Crippen LogP contribution in [0.2, 0.25) is 0 Å². The van der Waals surface area contributed by atoms with Crippen LogP contribution in [0.5, 0.6) is 0 Å². The normalized spacial score (nSPS) is 11.9. The van der Waals surface area contributed by atoms with Gasteiger partial charge in [-0.25, -0.2) is 40.4 Å². The number of amides is 2. The Morgan fingerprint density at radius 3 is 1.45 bits per heavy atom. The van der Waals surface area contributed by atoms with Crippen LogP contribution in [-0.4, -0.2) is 116 Å². The molecule has 0 saturated carbocycles. The lowest BCUT2D eigenvalue weighted by Crippen LogP contribution is -2.35. The number of allylic oxidation sites excluding steroid dienone is 1. The molecule has 0 bridgehead atoms. The molecule has 6 aromatic rings. The van der Waals surface area contributed by atoms with Gasteiger partial charge in [-0.2, -0.15) is 0 Å². The van der Waals surface area contributed by atoms with E-state index in [4.69, 9.17) is 23.0 Å². The van der Waals surface area contributed by atoms with Crippen molar-refractivity contribution in [2.24, 2.45) is 0 Å². The minimum atomic E-state index is -4.81. The molecule has 0 fully saturated rings. The van der Waals surface area contributed by atoms with Crippen molar-refractivity contribution in [3.63, 3.8) is 0 Å². The maximum Gasteiger partial charge on any atom is 0.411 e. The summed E-state index contributed by atoms with van der Waals surface area (Å²) in [7, 11) is -9.56. The van der Waals surface area contributed by atoms with E-state index < -0.39 is 38.4 Å². The van der Waals surface area contributed by atoms with Gasteiger partial charge in [0, 0.05) is 116 Å². The van der Waals surface area contributed by atoms with Crippen LogP contribution in [0.15, 0.2) is 225 Å². The van der Waals surface area contributed by atoms with E-state index in [0.29, 0.717) is 99.7 Å². The van der Waals surface area contributed by atoms with E-state index >= 15 is 0 Å². The number of nitrogens with one attached hydrogen (secondary N) is 2. The fourth-order valence-corrected chi connectivity index (χ4v) is 12.5. The quantitative estimate of drug-likeness (QED) is 0.00882. The molecule has 2 amide bonds. The molecule has 0 saturated heterocycles. The zero-order chi connectivity index (χ0) is 69.8. The number of nitrogens with zero attached hydrogens (tertiary/aromatic N) is 4. The average molecular weight is 1350 g/mol. The first-order valence-electron chi connectivity index (χ1n) is 31.8. The summed E-state index contributed by atoms with van der Waals surface area (Å²) in [5.74, 6) is 0.474. The molecule has 6 aromatic carbocycles. The van der Waals surface area contributed by atoms with Crippen molar-refractivity contribution in [3.8, 4) is 44.9 Å². The Morgan fingerprint density at radius 2 is 0.990 bits per heavy atom. The Labute approximate surface area is 565 Å². The van der Waals surface area contributed by atoms with Gasteiger partial charge in [0.2, 0.25) is 10.7 Å². The number of rotatable bonds is 23. The van der Waals surface area contributed by atoms with E-state index in [2.05, 4.69) is 58.9 Å². The van der Waals surface area contributed by atoms with Crippen LogP contribution in [0.25, 0.3) is 66.8 Å². The number of hydrogen-bond acceptors (Lipinski definition) is 16. The number of ether oxygens (including phenoxy) is 3. The summed E-state index contributed by atoms with van der Waals surface area (Å²) in [4.78, 5) is 39.7. The summed E-state index contributed by atoms with van der Waals surface area (Å²) in [6, 6.07) is 54.3. The number of carbonyl (C=O) groups excluding carboxylic acids is 3. The van der Waals surface area contributed by atoms with E-state index in [1.807, 2.05) is 147 Å². The van der Waals surface area contributed by atoms with Crippen molar-refractivity contribution in [1.29, 1.82) is 0 Å². The number of hydrogen-bond donors (Lipinski definition) is 2. The molecule has 2 aliphatic heterocycles. The van der Waals surface area contributed by atoms with Gasteiger partial charge in [0.25, 0.3) is 0 Å². The molecule has 0 aromatic heterocycles. The van der Waals surface area contributed by atoms with Crippen LogP contribution in [-0.2, 0) is 39.2 Å². The summed E-state index contributed by atoms with van der Waals surface area (Å²) < 4.78 is 107. The zero-order valence-electron chi connectivity index (χ0n) is 55.4. The second-order valence-corrected chi connectivity index (χ2v) is 24.7. The fourth-order valence-electron chi connectivity index (χ4n) is 11.1. The second kappa shape index (κ2) is 33.8. The molecule has 20 nitrogen and oxygen atoms in total. The SMILES string of the molecule is C=C(C)C(=O)OCCNC(=O)OCC[N+](CC)=c1ccc2c(-c3ccccc3S(=O)(=O)[O-])c3ccc(N(CC)c4ccccc4)cc3oc-2c1.C=CC.CCN(CC)c1ccc2c(-c3ccccc3S(=O)(=O)[O-])c3ccc(=[N+](CC)CCOC(=O)Nc4ccccc4)cc-3oc2c1. The number of fused-ring (bicyclic) bond motifs is 4. The minimum absolute atomic E-state index is 0.00537. The van der Waals surface area contributed by atoms with E-state index in [-0.39, 0.29) is 47.3 Å². The highest BCUT2D eigenvalue weighted by molar-refractivity contribution is 7.86. The molecule has 0 radical (unpaired) electrons.